The van der Waals surface area contributed by atoms with Gasteiger partial charge in [-0.1, -0.05) is 11.6 Å². The molecule has 8 heteroatoms. The molecule has 0 saturated carbocycles. The number of halogens is 2. The maximum atomic E-state index is 11.7. The van der Waals surface area contributed by atoms with E-state index < -0.39 is 9.84 Å². The SMILES string of the molecule is CS(=O)(=O)c1ccc2nc(Cl)n(Cc3ccc(Cl)cn3)c2c1. The third-order valence-corrected chi connectivity index (χ3v) is 4.83. The van der Waals surface area contributed by atoms with Gasteiger partial charge in [-0.2, -0.15) is 0 Å². The summed E-state index contributed by atoms with van der Waals surface area (Å²) in [5.74, 6) is 0. The molecule has 3 rings (SSSR count). The molecule has 0 N–H and O–H groups in total. The Hall–Kier alpha value is -1.63. The molecule has 0 fully saturated rings. The van der Waals surface area contributed by atoms with Gasteiger partial charge in [0, 0.05) is 12.5 Å². The number of sulfone groups is 1. The van der Waals surface area contributed by atoms with Crippen LogP contribution in [0.5, 0.6) is 0 Å². The number of aromatic nitrogens is 3. The second kappa shape index (κ2) is 5.53. The van der Waals surface area contributed by atoms with Crippen molar-refractivity contribution in [3.8, 4) is 0 Å². The minimum Gasteiger partial charge on any atom is -0.309 e. The fourth-order valence-electron chi connectivity index (χ4n) is 2.12. The second-order valence-electron chi connectivity index (χ2n) is 4.86. The van der Waals surface area contributed by atoms with Gasteiger partial charge in [0.1, 0.15) is 0 Å². The molecule has 2 aromatic heterocycles. The summed E-state index contributed by atoms with van der Waals surface area (Å²) in [6.07, 6.45) is 2.71. The fourth-order valence-corrected chi connectivity index (χ4v) is 3.11. The zero-order valence-electron chi connectivity index (χ0n) is 11.5. The first-order valence-electron chi connectivity index (χ1n) is 6.31. The maximum absolute atomic E-state index is 11.7. The molecule has 5 nitrogen and oxygen atoms in total. The first-order valence-corrected chi connectivity index (χ1v) is 8.95. The molecule has 0 amide bonds. The quantitative estimate of drug-likeness (QED) is 0.723. The smallest absolute Gasteiger partial charge is 0.204 e. The number of benzene rings is 1. The molecule has 0 aliphatic carbocycles. The molecule has 0 aliphatic heterocycles. The number of nitrogens with zero attached hydrogens (tertiary/aromatic N) is 3. The van der Waals surface area contributed by atoms with Crippen LogP contribution in [0.15, 0.2) is 41.4 Å². The maximum Gasteiger partial charge on any atom is 0.204 e. The average Bonchev–Trinajstić information content (AvgIpc) is 2.76. The van der Waals surface area contributed by atoms with Gasteiger partial charge in [-0.15, -0.1) is 0 Å². The van der Waals surface area contributed by atoms with E-state index in [1.54, 1.807) is 35.0 Å². The summed E-state index contributed by atoms with van der Waals surface area (Å²) in [6, 6.07) is 8.25. The lowest BCUT2D eigenvalue weighted by Gasteiger charge is -2.06. The van der Waals surface area contributed by atoms with Gasteiger partial charge in [0.15, 0.2) is 9.84 Å². The molecule has 22 heavy (non-hydrogen) atoms. The fraction of sp³-hybridized carbons (Fsp3) is 0.143. The first kappa shape index (κ1) is 15.3. The molecule has 2 heterocycles. The first-order chi connectivity index (χ1) is 10.3. The number of hydrogen-bond donors (Lipinski definition) is 0. The number of pyridine rings is 1. The van der Waals surface area contributed by atoms with Crippen molar-refractivity contribution in [2.45, 2.75) is 11.4 Å². The summed E-state index contributed by atoms with van der Waals surface area (Å²) in [6.45, 7) is 0.375. The highest BCUT2D eigenvalue weighted by Crippen LogP contribution is 2.24. The Labute approximate surface area is 137 Å². The Morgan fingerprint density at radius 1 is 1.18 bits per heavy atom. The highest BCUT2D eigenvalue weighted by atomic mass is 35.5. The molecular weight excluding hydrogens is 345 g/mol. The molecule has 1 aromatic carbocycles. The van der Waals surface area contributed by atoms with Gasteiger partial charge in [-0.05, 0) is 41.9 Å². The third-order valence-electron chi connectivity index (χ3n) is 3.21. The van der Waals surface area contributed by atoms with Crippen molar-refractivity contribution in [1.82, 2.24) is 14.5 Å². The molecule has 0 radical (unpaired) electrons. The van der Waals surface area contributed by atoms with Crippen LogP contribution in [-0.2, 0) is 16.4 Å². The van der Waals surface area contributed by atoms with Crippen LogP contribution < -0.4 is 0 Å². The highest BCUT2D eigenvalue weighted by Gasteiger charge is 2.14. The van der Waals surface area contributed by atoms with Crippen LogP contribution in [0.4, 0.5) is 0 Å². The minimum atomic E-state index is -3.30. The van der Waals surface area contributed by atoms with E-state index in [-0.39, 0.29) is 10.2 Å². The van der Waals surface area contributed by atoms with E-state index in [0.29, 0.717) is 22.6 Å². The molecule has 0 bridgehead atoms. The number of imidazole rings is 1. The van der Waals surface area contributed by atoms with E-state index in [9.17, 15) is 8.42 Å². The van der Waals surface area contributed by atoms with Crippen molar-refractivity contribution in [2.24, 2.45) is 0 Å². The number of fused-ring (bicyclic) bond motifs is 1. The lowest BCUT2D eigenvalue weighted by atomic mass is 10.3. The standard InChI is InChI=1S/C14H11Cl2N3O2S/c1-22(20,21)11-4-5-12-13(6-11)19(14(16)18-12)8-10-3-2-9(15)7-17-10/h2-7H,8H2,1H3. The number of rotatable bonds is 3. The zero-order valence-corrected chi connectivity index (χ0v) is 13.8. The molecule has 0 unspecified atom stereocenters. The van der Waals surface area contributed by atoms with E-state index in [4.69, 9.17) is 23.2 Å². The Kier molecular flexibility index (Phi) is 3.84. The van der Waals surface area contributed by atoms with Crippen LogP contribution >= 0.6 is 23.2 Å². The van der Waals surface area contributed by atoms with Crippen molar-refractivity contribution in [3.05, 3.63) is 52.5 Å². The van der Waals surface area contributed by atoms with Crippen LogP contribution in [0.2, 0.25) is 10.3 Å². The van der Waals surface area contributed by atoms with E-state index in [0.717, 1.165) is 11.9 Å². The predicted molar refractivity (Wildman–Crippen MR) is 86.2 cm³/mol. The van der Waals surface area contributed by atoms with E-state index >= 15 is 0 Å². The molecule has 0 saturated heterocycles. The van der Waals surface area contributed by atoms with Gasteiger partial charge in [0.25, 0.3) is 0 Å². The highest BCUT2D eigenvalue weighted by molar-refractivity contribution is 7.90. The van der Waals surface area contributed by atoms with Gasteiger partial charge < -0.3 is 4.57 Å². The Bertz CT molecular complexity index is 950. The second-order valence-corrected chi connectivity index (χ2v) is 7.65. The van der Waals surface area contributed by atoms with Gasteiger partial charge in [0.2, 0.25) is 5.28 Å². The van der Waals surface area contributed by atoms with Gasteiger partial charge >= 0.3 is 0 Å². The Balaban J connectivity index is 2.11. The third kappa shape index (κ3) is 2.95. The molecule has 3 aromatic rings. The van der Waals surface area contributed by atoms with Crippen LogP contribution in [-0.4, -0.2) is 29.2 Å². The zero-order chi connectivity index (χ0) is 15.9. The Morgan fingerprint density at radius 2 is 1.95 bits per heavy atom. The topological polar surface area (TPSA) is 64.8 Å². The van der Waals surface area contributed by atoms with Crippen molar-refractivity contribution < 1.29 is 8.42 Å². The van der Waals surface area contributed by atoms with Gasteiger partial charge in [-0.25, -0.2) is 13.4 Å². The summed E-state index contributed by atoms with van der Waals surface area (Å²) in [7, 11) is -3.30. The Morgan fingerprint density at radius 3 is 2.59 bits per heavy atom. The predicted octanol–water partition coefficient (Wildman–Crippen LogP) is 3.19. The minimum absolute atomic E-state index is 0.224. The summed E-state index contributed by atoms with van der Waals surface area (Å²) < 4.78 is 25.1. The molecule has 114 valence electrons. The monoisotopic (exact) mass is 355 g/mol. The van der Waals surface area contributed by atoms with Crippen LogP contribution in [0.1, 0.15) is 5.69 Å². The van der Waals surface area contributed by atoms with Gasteiger partial charge in [-0.3, -0.25) is 4.98 Å². The van der Waals surface area contributed by atoms with Crippen LogP contribution in [0, 0.1) is 0 Å². The van der Waals surface area contributed by atoms with Crippen molar-refractivity contribution in [3.63, 3.8) is 0 Å². The molecular formula is C14H11Cl2N3O2S. The average molecular weight is 356 g/mol. The summed E-state index contributed by atoms with van der Waals surface area (Å²) in [4.78, 5) is 8.67. The molecule has 0 spiro atoms. The van der Waals surface area contributed by atoms with Crippen molar-refractivity contribution in [1.29, 1.82) is 0 Å². The van der Waals surface area contributed by atoms with Crippen LogP contribution in [0.25, 0.3) is 11.0 Å². The summed E-state index contributed by atoms with van der Waals surface area (Å²) in [5, 5.41) is 0.821. The molecule has 0 aliphatic rings. The molecule has 0 atom stereocenters. The van der Waals surface area contributed by atoms with Crippen molar-refractivity contribution >= 4 is 44.1 Å². The largest absolute Gasteiger partial charge is 0.309 e. The van der Waals surface area contributed by atoms with Crippen molar-refractivity contribution in [2.75, 3.05) is 6.26 Å². The van der Waals surface area contributed by atoms with Crippen LogP contribution in [0.3, 0.4) is 0 Å². The van der Waals surface area contributed by atoms with E-state index in [1.165, 1.54) is 6.07 Å². The summed E-state index contributed by atoms with van der Waals surface area (Å²) in [5.41, 5.74) is 2.02. The summed E-state index contributed by atoms with van der Waals surface area (Å²) >= 11 is 12.0. The van der Waals surface area contributed by atoms with Gasteiger partial charge in [0.05, 0.1) is 33.2 Å². The van der Waals surface area contributed by atoms with E-state index in [1.807, 2.05) is 0 Å². The lowest BCUT2D eigenvalue weighted by Crippen LogP contribution is -2.03. The normalized spacial score (nSPS) is 12.0. The number of hydrogen-bond acceptors (Lipinski definition) is 4. The lowest BCUT2D eigenvalue weighted by molar-refractivity contribution is 0.602. The van der Waals surface area contributed by atoms with E-state index in [2.05, 4.69) is 9.97 Å².